The van der Waals surface area contributed by atoms with Crippen molar-refractivity contribution in [2.24, 2.45) is 0 Å². The molecule has 0 aliphatic rings. The zero-order chi connectivity index (χ0) is 13.9. The Labute approximate surface area is 126 Å². The maximum atomic E-state index is 6.00. The van der Waals surface area contributed by atoms with Crippen LogP contribution in [0, 0.1) is 0 Å². The predicted molar refractivity (Wildman–Crippen MR) is 85.5 cm³/mol. The van der Waals surface area contributed by atoms with Crippen LogP contribution in [0.25, 0.3) is 10.2 Å². The molecule has 20 heavy (non-hydrogen) atoms. The third-order valence-corrected chi connectivity index (χ3v) is 4.19. The van der Waals surface area contributed by atoms with Gasteiger partial charge in [-0.25, -0.2) is 9.97 Å². The van der Waals surface area contributed by atoms with Gasteiger partial charge in [0.15, 0.2) is 0 Å². The molecule has 0 radical (unpaired) electrons. The molecule has 0 aliphatic carbocycles. The SMILES string of the molecule is CCC(Nc1nc(Cl)nc2sccc12)c1ccccc1. The van der Waals surface area contributed by atoms with E-state index in [2.05, 4.69) is 34.3 Å². The normalized spacial score (nSPS) is 12.5. The van der Waals surface area contributed by atoms with Gasteiger partial charge in [0.25, 0.3) is 0 Å². The smallest absolute Gasteiger partial charge is 0.225 e. The Morgan fingerprint density at radius 2 is 2.00 bits per heavy atom. The van der Waals surface area contributed by atoms with Gasteiger partial charge in [-0.3, -0.25) is 0 Å². The van der Waals surface area contributed by atoms with Gasteiger partial charge < -0.3 is 5.32 Å². The van der Waals surface area contributed by atoms with Gasteiger partial charge in [-0.15, -0.1) is 11.3 Å². The van der Waals surface area contributed by atoms with Crippen molar-refractivity contribution in [1.29, 1.82) is 0 Å². The van der Waals surface area contributed by atoms with Crippen LogP contribution in [0.5, 0.6) is 0 Å². The number of thiophene rings is 1. The van der Waals surface area contributed by atoms with Gasteiger partial charge in [0, 0.05) is 0 Å². The number of rotatable bonds is 4. The van der Waals surface area contributed by atoms with E-state index in [1.165, 1.54) is 5.56 Å². The highest BCUT2D eigenvalue weighted by molar-refractivity contribution is 7.16. The summed E-state index contributed by atoms with van der Waals surface area (Å²) in [6, 6.07) is 12.6. The minimum Gasteiger partial charge on any atom is -0.363 e. The molecule has 0 fully saturated rings. The van der Waals surface area contributed by atoms with Crippen molar-refractivity contribution < 1.29 is 0 Å². The van der Waals surface area contributed by atoms with Crippen LogP contribution in [0.4, 0.5) is 5.82 Å². The van der Waals surface area contributed by atoms with Crippen LogP contribution in [0.15, 0.2) is 41.8 Å². The Balaban J connectivity index is 1.97. The number of nitrogens with zero attached hydrogens (tertiary/aromatic N) is 2. The van der Waals surface area contributed by atoms with Gasteiger partial charge in [-0.2, -0.15) is 0 Å². The summed E-state index contributed by atoms with van der Waals surface area (Å²) < 4.78 is 0. The Morgan fingerprint density at radius 1 is 1.20 bits per heavy atom. The largest absolute Gasteiger partial charge is 0.363 e. The Morgan fingerprint density at radius 3 is 2.75 bits per heavy atom. The summed E-state index contributed by atoms with van der Waals surface area (Å²) >= 11 is 7.57. The van der Waals surface area contributed by atoms with Crippen molar-refractivity contribution in [3.8, 4) is 0 Å². The van der Waals surface area contributed by atoms with Crippen LogP contribution in [0.3, 0.4) is 0 Å². The first-order chi connectivity index (χ1) is 9.78. The molecule has 1 unspecified atom stereocenters. The van der Waals surface area contributed by atoms with Crippen LogP contribution in [0.1, 0.15) is 24.9 Å². The topological polar surface area (TPSA) is 37.8 Å². The maximum absolute atomic E-state index is 6.00. The number of halogens is 1. The van der Waals surface area contributed by atoms with Crippen molar-refractivity contribution in [1.82, 2.24) is 9.97 Å². The highest BCUT2D eigenvalue weighted by Gasteiger charge is 2.13. The highest BCUT2D eigenvalue weighted by atomic mass is 35.5. The van der Waals surface area contributed by atoms with E-state index >= 15 is 0 Å². The lowest BCUT2D eigenvalue weighted by atomic mass is 10.0. The van der Waals surface area contributed by atoms with Crippen molar-refractivity contribution >= 4 is 39.0 Å². The zero-order valence-corrected chi connectivity index (χ0v) is 12.6. The quantitative estimate of drug-likeness (QED) is 0.696. The van der Waals surface area contributed by atoms with Crippen molar-refractivity contribution in [3.05, 3.63) is 52.6 Å². The summed E-state index contributed by atoms with van der Waals surface area (Å²) in [6.07, 6.45) is 0.970. The fraction of sp³-hybridized carbons (Fsp3) is 0.200. The summed E-state index contributed by atoms with van der Waals surface area (Å²) in [4.78, 5) is 9.48. The Kier molecular flexibility index (Phi) is 3.85. The molecule has 2 heterocycles. The zero-order valence-electron chi connectivity index (χ0n) is 11.0. The van der Waals surface area contributed by atoms with E-state index in [4.69, 9.17) is 11.6 Å². The third kappa shape index (κ3) is 2.62. The molecule has 0 saturated carbocycles. The molecule has 3 aromatic rings. The van der Waals surface area contributed by atoms with Crippen LogP contribution in [-0.4, -0.2) is 9.97 Å². The molecule has 0 spiro atoms. The van der Waals surface area contributed by atoms with Crippen molar-refractivity contribution in [3.63, 3.8) is 0 Å². The molecular weight excluding hydrogens is 290 g/mol. The maximum Gasteiger partial charge on any atom is 0.225 e. The first-order valence-corrected chi connectivity index (χ1v) is 7.76. The molecule has 2 aromatic heterocycles. The molecule has 0 bridgehead atoms. The third-order valence-electron chi connectivity index (χ3n) is 3.22. The minimum absolute atomic E-state index is 0.213. The number of nitrogens with one attached hydrogen (secondary N) is 1. The molecule has 1 aromatic carbocycles. The first-order valence-electron chi connectivity index (χ1n) is 6.50. The number of anilines is 1. The molecule has 3 rings (SSSR count). The van der Waals surface area contributed by atoms with E-state index in [0.29, 0.717) is 0 Å². The average molecular weight is 304 g/mol. The lowest BCUT2D eigenvalue weighted by Crippen LogP contribution is -2.11. The number of fused-ring (bicyclic) bond motifs is 1. The summed E-state index contributed by atoms with van der Waals surface area (Å²) in [7, 11) is 0. The molecule has 0 amide bonds. The van der Waals surface area contributed by atoms with Crippen molar-refractivity contribution in [2.75, 3.05) is 5.32 Å². The van der Waals surface area contributed by atoms with Crippen molar-refractivity contribution in [2.45, 2.75) is 19.4 Å². The number of hydrogen-bond donors (Lipinski definition) is 1. The summed E-state index contributed by atoms with van der Waals surface area (Å²) in [5, 5.41) is 6.80. The summed E-state index contributed by atoms with van der Waals surface area (Å²) in [5.41, 5.74) is 1.24. The van der Waals surface area contributed by atoms with E-state index in [-0.39, 0.29) is 11.3 Å². The second-order valence-corrected chi connectivity index (χ2v) is 5.73. The monoisotopic (exact) mass is 303 g/mol. The number of benzene rings is 1. The molecule has 1 N–H and O–H groups in total. The van der Waals surface area contributed by atoms with Crippen LogP contribution < -0.4 is 5.32 Å². The van der Waals surface area contributed by atoms with Crippen LogP contribution in [0.2, 0.25) is 5.28 Å². The predicted octanol–water partition coefficient (Wildman–Crippen LogP) is 4.91. The van der Waals surface area contributed by atoms with Crippen LogP contribution >= 0.6 is 22.9 Å². The van der Waals surface area contributed by atoms with Gasteiger partial charge in [0.2, 0.25) is 5.28 Å². The fourth-order valence-electron chi connectivity index (χ4n) is 2.21. The van der Waals surface area contributed by atoms with E-state index < -0.39 is 0 Å². The van der Waals surface area contributed by atoms with E-state index in [1.54, 1.807) is 11.3 Å². The van der Waals surface area contributed by atoms with E-state index in [0.717, 1.165) is 22.5 Å². The second-order valence-electron chi connectivity index (χ2n) is 4.50. The van der Waals surface area contributed by atoms with E-state index in [1.807, 2.05) is 29.6 Å². The molecule has 5 heteroatoms. The molecule has 0 saturated heterocycles. The van der Waals surface area contributed by atoms with Gasteiger partial charge in [-0.05, 0) is 35.0 Å². The first kappa shape index (κ1) is 13.3. The summed E-state index contributed by atoms with van der Waals surface area (Å²) in [6.45, 7) is 2.15. The number of hydrogen-bond acceptors (Lipinski definition) is 4. The Hall–Kier alpha value is -1.65. The molecular formula is C15H14ClN3S. The second kappa shape index (κ2) is 5.77. The van der Waals surface area contributed by atoms with Gasteiger partial charge in [0.05, 0.1) is 11.4 Å². The van der Waals surface area contributed by atoms with Gasteiger partial charge in [-0.1, -0.05) is 37.3 Å². The number of aromatic nitrogens is 2. The van der Waals surface area contributed by atoms with Gasteiger partial charge >= 0.3 is 0 Å². The van der Waals surface area contributed by atoms with Gasteiger partial charge in [0.1, 0.15) is 10.6 Å². The minimum atomic E-state index is 0.213. The molecule has 3 nitrogen and oxygen atoms in total. The molecule has 0 aliphatic heterocycles. The lowest BCUT2D eigenvalue weighted by Gasteiger charge is -2.18. The average Bonchev–Trinajstić information content (AvgIpc) is 2.93. The lowest BCUT2D eigenvalue weighted by molar-refractivity contribution is 0.745. The van der Waals surface area contributed by atoms with E-state index in [9.17, 15) is 0 Å². The Bertz CT molecular complexity index is 711. The summed E-state index contributed by atoms with van der Waals surface area (Å²) in [5.74, 6) is 0.803. The molecule has 1 atom stereocenters. The highest BCUT2D eigenvalue weighted by Crippen LogP contribution is 2.30. The standard InChI is InChI=1S/C15H14ClN3S/c1-2-12(10-6-4-3-5-7-10)17-13-11-8-9-20-14(11)19-15(16)18-13/h3-9,12H,2H2,1H3,(H,17,18,19). The molecule has 102 valence electrons. The fourth-order valence-corrected chi connectivity index (χ4v) is 3.19. The van der Waals surface area contributed by atoms with Crippen LogP contribution in [-0.2, 0) is 0 Å².